The number of rotatable bonds is 6. The molecule has 4 fully saturated rings. The van der Waals surface area contributed by atoms with Gasteiger partial charge in [0.25, 0.3) is 0 Å². The summed E-state index contributed by atoms with van der Waals surface area (Å²) >= 11 is 0. The summed E-state index contributed by atoms with van der Waals surface area (Å²) in [6.07, 6.45) is 7.29. The standard InChI is InChI=1S/C25H32F2N4O3S/c1-15(2)31-22(10-21(29-31)16-7-18(12-28-11-16)34-24(26)27)23-19-8-17(9-20(19)23)30-5-3-25(4-6-30)13-35(32,33)14-25/h7,10-12,15,17,19-20,23-24H,3-6,8-9,13-14H2,1-2H3/t17-,19+,20-,23-. The first-order valence-corrected chi connectivity index (χ1v) is 14.4. The average molecular weight is 507 g/mol. The summed E-state index contributed by atoms with van der Waals surface area (Å²) in [6.45, 7) is 3.37. The molecule has 4 atom stereocenters. The normalized spacial score (nSPS) is 31.0. The number of sulfone groups is 1. The second-order valence-corrected chi connectivity index (χ2v) is 13.4. The van der Waals surface area contributed by atoms with Crippen molar-refractivity contribution in [1.82, 2.24) is 19.7 Å². The highest BCUT2D eigenvalue weighted by Crippen LogP contribution is 2.64. The third kappa shape index (κ3) is 4.26. The van der Waals surface area contributed by atoms with Crippen molar-refractivity contribution >= 4 is 9.84 Å². The number of fused-ring (bicyclic) bond motifs is 1. The molecule has 190 valence electrons. The van der Waals surface area contributed by atoms with Crippen molar-refractivity contribution in [2.45, 2.75) is 64.1 Å². The van der Waals surface area contributed by atoms with Gasteiger partial charge in [0.1, 0.15) is 5.75 Å². The topological polar surface area (TPSA) is 77.3 Å². The van der Waals surface area contributed by atoms with E-state index in [1.807, 2.05) is 0 Å². The molecule has 2 saturated carbocycles. The second-order valence-electron chi connectivity index (χ2n) is 11.3. The Morgan fingerprint density at radius 3 is 2.37 bits per heavy atom. The molecule has 2 aliphatic carbocycles. The number of likely N-dealkylation sites (tertiary alicyclic amines) is 1. The van der Waals surface area contributed by atoms with Gasteiger partial charge in [0.2, 0.25) is 0 Å². The number of hydrogen-bond donors (Lipinski definition) is 0. The summed E-state index contributed by atoms with van der Waals surface area (Å²) in [5, 5.41) is 4.82. The molecule has 7 nitrogen and oxygen atoms in total. The molecule has 2 saturated heterocycles. The fraction of sp³-hybridized carbons (Fsp3) is 0.680. The molecule has 2 aromatic rings. The summed E-state index contributed by atoms with van der Waals surface area (Å²) in [5.74, 6) is 2.59. The van der Waals surface area contributed by atoms with Gasteiger partial charge in [0, 0.05) is 40.9 Å². The molecule has 2 aromatic heterocycles. The zero-order valence-electron chi connectivity index (χ0n) is 20.1. The van der Waals surface area contributed by atoms with E-state index < -0.39 is 16.4 Å². The molecule has 2 aliphatic heterocycles. The summed E-state index contributed by atoms with van der Waals surface area (Å²) in [5.41, 5.74) is 2.69. The molecule has 0 radical (unpaired) electrons. The maximum absolute atomic E-state index is 12.6. The van der Waals surface area contributed by atoms with Gasteiger partial charge in [-0.05, 0) is 76.6 Å². The number of alkyl halides is 2. The lowest BCUT2D eigenvalue weighted by atomic mass is 9.80. The van der Waals surface area contributed by atoms with Crippen molar-refractivity contribution in [3.05, 3.63) is 30.2 Å². The second kappa shape index (κ2) is 8.23. The molecule has 10 heteroatoms. The van der Waals surface area contributed by atoms with Crippen LogP contribution in [-0.4, -0.2) is 65.3 Å². The Morgan fingerprint density at radius 1 is 1.09 bits per heavy atom. The summed E-state index contributed by atoms with van der Waals surface area (Å²) in [7, 11) is -2.77. The van der Waals surface area contributed by atoms with Gasteiger partial charge in [0.05, 0.1) is 23.4 Å². The van der Waals surface area contributed by atoms with E-state index in [0.29, 0.717) is 40.9 Å². The number of pyridine rings is 1. The first-order valence-electron chi connectivity index (χ1n) is 12.6. The third-order valence-corrected chi connectivity index (χ3v) is 10.8. The lowest BCUT2D eigenvalue weighted by molar-refractivity contribution is -0.0500. The largest absolute Gasteiger partial charge is 0.433 e. The first kappa shape index (κ1) is 23.3. The van der Waals surface area contributed by atoms with E-state index in [2.05, 4.69) is 39.2 Å². The van der Waals surface area contributed by atoms with Gasteiger partial charge < -0.3 is 9.64 Å². The third-order valence-electron chi connectivity index (χ3n) is 8.68. The number of hydrogen-bond acceptors (Lipinski definition) is 6. The number of nitrogens with zero attached hydrogens (tertiary/aromatic N) is 4. The fourth-order valence-corrected chi connectivity index (χ4v) is 9.39. The minimum atomic E-state index is -2.89. The van der Waals surface area contributed by atoms with Gasteiger partial charge >= 0.3 is 6.61 Å². The van der Waals surface area contributed by atoms with Crippen LogP contribution in [0, 0.1) is 17.3 Å². The Morgan fingerprint density at radius 2 is 1.77 bits per heavy atom. The number of piperidine rings is 1. The van der Waals surface area contributed by atoms with Crippen LogP contribution in [0.15, 0.2) is 24.5 Å². The van der Waals surface area contributed by atoms with Crippen LogP contribution in [0.4, 0.5) is 8.78 Å². The van der Waals surface area contributed by atoms with Crippen molar-refractivity contribution in [2.24, 2.45) is 17.3 Å². The predicted molar refractivity (Wildman–Crippen MR) is 127 cm³/mol. The molecule has 4 aliphatic rings. The molecule has 4 heterocycles. The van der Waals surface area contributed by atoms with Crippen molar-refractivity contribution < 1.29 is 21.9 Å². The first-order chi connectivity index (χ1) is 16.6. The van der Waals surface area contributed by atoms with Gasteiger partial charge in [-0.1, -0.05) is 0 Å². The molecule has 0 aromatic carbocycles. The van der Waals surface area contributed by atoms with Crippen molar-refractivity contribution in [3.8, 4) is 17.0 Å². The Labute approximate surface area is 204 Å². The van der Waals surface area contributed by atoms with E-state index in [-0.39, 0.29) is 17.2 Å². The summed E-state index contributed by atoms with van der Waals surface area (Å²) in [4.78, 5) is 6.66. The van der Waals surface area contributed by atoms with E-state index in [1.54, 1.807) is 12.3 Å². The molecule has 0 bridgehead atoms. The van der Waals surface area contributed by atoms with E-state index in [1.165, 1.54) is 24.7 Å². The number of ether oxygens (including phenoxy) is 1. The molecule has 6 rings (SSSR count). The SMILES string of the molecule is CC(C)n1nc(-c2cncc(OC(F)F)c2)cc1[C@H]1[C@@H]2C[C@H](N3CCC4(CC3)CS(=O)(=O)C4)C[C@@H]21. The van der Waals surface area contributed by atoms with Gasteiger partial charge in [-0.3, -0.25) is 9.67 Å². The van der Waals surface area contributed by atoms with E-state index >= 15 is 0 Å². The van der Waals surface area contributed by atoms with Crippen LogP contribution < -0.4 is 4.74 Å². The molecular formula is C25H32F2N4O3S. The van der Waals surface area contributed by atoms with Crippen LogP contribution >= 0.6 is 0 Å². The van der Waals surface area contributed by atoms with E-state index in [4.69, 9.17) is 5.10 Å². The van der Waals surface area contributed by atoms with Crippen LogP contribution in [0.1, 0.15) is 57.2 Å². The van der Waals surface area contributed by atoms with Crippen molar-refractivity contribution in [1.29, 1.82) is 0 Å². The quantitative estimate of drug-likeness (QED) is 0.586. The monoisotopic (exact) mass is 506 g/mol. The molecule has 35 heavy (non-hydrogen) atoms. The maximum Gasteiger partial charge on any atom is 0.387 e. The van der Waals surface area contributed by atoms with Gasteiger partial charge in [-0.25, -0.2) is 8.42 Å². The molecule has 0 N–H and O–H groups in total. The summed E-state index contributed by atoms with van der Waals surface area (Å²) < 4.78 is 55.2. The molecular weight excluding hydrogens is 474 g/mol. The molecule has 1 spiro atoms. The zero-order chi connectivity index (χ0) is 24.5. The Hall–Kier alpha value is -2.07. The van der Waals surface area contributed by atoms with Crippen LogP contribution in [0.25, 0.3) is 11.3 Å². The Balaban J connectivity index is 1.13. The minimum absolute atomic E-state index is 0.0343. The Bertz CT molecular complexity index is 1200. The van der Waals surface area contributed by atoms with Crippen molar-refractivity contribution in [3.63, 3.8) is 0 Å². The minimum Gasteiger partial charge on any atom is -0.433 e. The summed E-state index contributed by atoms with van der Waals surface area (Å²) in [6, 6.07) is 4.46. The van der Waals surface area contributed by atoms with E-state index in [0.717, 1.165) is 31.6 Å². The lowest BCUT2D eigenvalue weighted by Gasteiger charge is -2.48. The van der Waals surface area contributed by atoms with Gasteiger partial charge in [0.15, 0.2) is 9.84 Å². The molecule has 0 unspecified atom stereocenters. The van der Waals surface area contributed by atoms with Gasteiger partial charge in [-0.15, -0.1) is 0 Å². The van der Waals surface area contributed by atoms with Crippen LogP contribution in [0.3, 0.4) is 0 Å². The lowest BCUT2D eigenvalue weighted by Crippen LogP contribution is -2.55. The fourth-order valence-electron chi connectivity index (χ4n) is 7.03. The number of aromatic nitrogens is 3. The number of halogens is 2. The van der Waals surface area contributed by atoms with Crippen LogP contribution in [-0.2, 0) is 9.84 Å². The highest BCUT2D eigenvalue weighted by Gasteiger charge is 2.59. The zero-order valence-corrected chi connectivity index (χ0v) is 20.9. The van der Waals surface area contributed by atoms with Gasteiger partial charge in [-0.2, -0.15) is 13.9 Å². The maximum atomic E-state index is 12.6. The predicted octanol–water partition coefficient (Wildman–Crippen LogP) is 4.13. The van der Waals surface area contributed by atoms with Crippen molar-refractivity contribution in [2.75, 3.05) is 24.6 Å². The van der Waals surface area contributed by atoms with Crippen LogP contribution in [0.2, 0.25) is 0 Å². The highest BCUT2D eigenvalue weighted by molar-refractivity contribution is 7.92. The van der Waals surface area contributed by atoms with Crippen LogP contribution in [0.5, 0.6) is 5.75 Å². The van der Waals surface area contributed by atoms with E-state index in [9.17, 15) is 17.2 Å². The highest BCUT2D eigenvalue weighted by atomic mass is 32.2. The smallest absolute Gasteiger partial charge is 0.387 e. The molecule has 0 amide bonds. The Kier molecular flexibility index (Phi) is 5.49. The average Bonchev–Trinajstić information content (AvgIpc) is 3.13.